The van der Waals surface area contributed by atoms with Crippen molar-refractivity contribution < 1.29 is 9.47 Å². The van der Waals surface area contributed by atoms with Gasteiger partial charge >= 0.3 is 0 Å². The number of fused-ring (bicyclic) bond motifs is 2. The van der Waals surface area contributed by atoms with Crippen LogP contribution in [-0.4, -0.2) is 91.6 Å². The van der Waals surface area contributed by atoms with Crippen LogP contribution in [0.3, 0.4) is 0 Å². The summed E-state index contributed by atoms with van der Waals surface area (Å²) in [6.45, 7) is 11.0. The van der Waals surface area contributed by atoms with Gasteiger partial charge in [-0.2, -0.15) is 5.26 Å². The Kier molecular flexibility index (Phi) is 6.36. The lowest BCUT2D eigenvalue weighted by atomic mass is 9.91. The second-order valence-corrected chi connectivity index (χ2v) is 11.5. The Morgan fingerprint density at radius 3 is 2.97 bits per heavy atom. The predicted molar refractivity (Wildman–Crippen MR) is 150 cm³/mol. The van der Waals surface area contributed by atoms with Gasteiger partial charge in [0.05, 0.1) is 41.8 Å². The normalized spacial score (nSPS) is 24.8. The third kappa shape index (κ3) is 4.72. The second-order valence-electron chi connectivity index (χ2n) is 11.5. The van der Waals surface area contributed by atoms with E-state index in [0.29, 0.717) is 5.56 Å². The average Bonchev–Trinajstić information content (AvgIpc) is 2.95. The molecule has 0 saturated carbocycles. The first-order valence-corrected chi connectivity index (χ1v) is 14.1. The number of hydrogen-bond acceptors (Lipinski definition) is 9. The molecule has 39 heavy (non-hydrogen) atoms. The van der Waals surface area contributed by atoms with Gasteiger partial charge in [0.15, 0.2) is 0 Å². The SMILES string of the molecule is C[C@@H]1CN(c2ccc(C#N)c3ncccc23)C[C@H](CN2CC3(C2)CN(c2cnc4c(c2)CNCC4)CCO3)O1. The van der Waals surface area contributed by atoms with Crippen LogP contribution in [0.25, 0.3) is 10.9 Å². The van der Waals surface area contributed by atoms with Crippen LogP contribution in [0.5, 0.6) is 0 Å². The molecule has 7 rings (SSSR count). The van der Waals surface area contributed by atoms with Gasteiger partial charge in [-0.15, -0.1) is 0 Å². The van der Waals surface area contributed by atoms with E-state index in [0.717, 1.165) is 88.5 Å². The molecule has 1 aromatic carbocycles. The Balaban J connectivity index is 1.01. The van der Waals surface area contributed by atoms with E-state index in [9.17, 15) is 5.26 Å². The molecular weight excluding hydrogens is 490 g/mol. The van der Waals surface area contributed by atoms with Crippen LogP contribution < -0.4 is 15.1 Å². The van der Waals surface area contributed by atoms with Crippen LogP contribution in [0.1, 0.15) is 23.7 Å². The minimum Gasteiger partial charge on any atom is -0.370 e. The summed E-state index contributed by atoms with van der Waals surface area (Å²) in [5.74, 6) is 0. The quantitative estimate of drug-likeness (QED) is 0.551. The maximum atomic E-state index is 9.54. The van der Waals surface area contributed by atoms with Crippen molar-refractivity contribution in [2.75, 3.05) is 68.8 Å². The van der Waals surface area contributed by atoms with Crippen molar-refractivity contribution in [2.45, 2.75) is 37.7 Å². The lowest BCUT2D eigenvalue weighted by molar-refractivity contribution is -0.161. The molecular formula is C30H35N7O2. The molecule has 6 heterocycles. The van der Waals surface area contributed by atoms with Crippen molar-refractivity contribution in [3.63, 3.8) is 0 Å². The number of anilines is 2. The van der Waals surface area contributed by atoms with E-state index in [1.165, 1.54) is 16.9 Å². The van der Waals surface area contributed by atoms with Gasteiger partial charge in [-0.3, -0.25) is 14.9 Å². The molecule has 9 heteroatoms. The summed E-state index contributed by atoms with van der Waals surface area (Å²) in [6, 6.07) is 12.6. The summed E-state index contributed by atoms with van der Waals surface area (Å²) < 4.78 is 12.8. The number of ether oxygens (including phenoxy) is 2. The summed E-state index contributed by atoms with van der Waals surface area (Å²) in [6.07, 6.45) is 5.04. The van der Waals surface area contributed by atoms with E-state index in [1.54, 1.807) is 6.20 Å². The highest BCUT2D eigenvalue weighted by atomic mass is 16.5. The number of pyridine rings is 2. The number of benzene rings is 1. The third-order valence-electron chi connectivity index (χ3n) is 8.53. The molecule has 0 aliphatic carbocycles. The van der Waals surface area contributed by atoms with Crippen LogP contribution in [0.15, 0.2) is 42.7 Å². The molecule has 3 aromatic rings. The highest BCUT2D eigenvalue weighted by Crippen LogP contribution is 2.34. The standard InChI is InChI=1S/C30H35N7O2/c1-21-15-37(28-5-4-22(12-31)29-26(28)3-2-7-33-29)17-25(39-21)16-35-18-30(19-35)20-36(9-10-38-30)24-11-23-13-32-8-6-27(23)34-14-24/h2-5,7,11,14,21,25,32H,6,8-10,13,15-20H2,1H3/t21-,25+/m1/s1. The number of rotatable bonds is 4. The topological polar surface area (TPSA) is 89.8 Å². The first kappa shape index (κ1) is 24.7. The van der Waals surface area contributed by atoms with Gasteiger partial charge in [-0.25, -0.2) is 0 Å². The molecule has 2 atom stereocenters. The van der Waals surface area contributed by atoms with Gasteiger partial charge in [-0.1, -0.05) is 0 Å². The lowest BCUT2D eigenvalue weighted by Gasteiger charge is -2.55. The zero-order valence-corrected chi connectivity index (χ0v) is 22.5. The fourth-order valence-corrected chi connectivity index (χ4v) is 6.82. The van der Waals surface area contributed by atoms with Crippen LogP contribution in [-0.2, 0) is 22.4 Å². The molecule has 3 fully saturated rings. The highest BCUT2D eigenvalue weighted by Gasteiger charge is 2.48. The average molecular weight is 526 g/mol. The number of nitrogens with zero attached hydrogens (tertiary/aromatic N) is 6. The Hall–Kier alpha value is -3.29. The predicted octanol–water partition coefficient (Wildman–Crippen LogP) is 2.33. The van der Waals surface area contributed by atoms with E-state index in [1.807, 2.05) is 18.3 Å². The molecule has 4 aliphatic rings. The van der Waals surface area contributed by atoms with Crippen molar-refractivity contribution in [1.82, 2.24) is 20.2 Å². The first-order valence-electron chi connectivity index (χ1n) is 14.1. The molecule has 0 amide bonds. The van der Waals surface area contributed by atoms with Gasteiger partial charge < -0.3 is 24.6 Å². The number of aromatic nitrogens is 2. The van der Waals surface area contributed by atoms with E-state index >= 15 is 0 Å². The molecule has 0 bridgehead atoms. The molecule has 3 saturated heterocycles. The fraction of sp³-hybridized carbons (Fsp3) is 0.500. The molecule has 0 unspecified atom stereocenters. The van der Waals surface area contributed by atoms with Gasteiger partial charge in [0, 0.05) is 88.3 Å². The molecule has 1 spiro atoms. The largest absolute Gasteiger partial charge is 0.370 e. The van der Waals surface area contributed by atoms with Crippen LogP contribution in [0, 0.1) is 11.3 Å². The highest BCUT2D eigenvalue weighted by molar-refractivity contribution is 5.95. The molecule has 0 radical (unpaired) electrons. The summed E-state index contributed by atoms with van der Waals surface area (Å²) in [5.41, 5.74) is 6.15. The van der Waals surface area contributed by atoms with E-state index < -0.39 is 0 Å². The van der Waals surface area contributed by atoms with Crippen molar-refractivity contribution in [1.29, 1.82) is 5.26 Å². The summed E-state index contributed by atoms with van der Waals surface area (Å²) in [7, 11) is 0. The number of nitrogens with one attached hydrogen (secondary N) is 1. The van der Waals surface area contributed by atoms with Crippen molar-refractivity contribution in [2.24, 2.45) is 0 Å². The van der Waals surface area contributed by atoms with E-state index in [4.69, 9.17) is 14.5 Å². The summed E-state index contributed by atoms with van der Waals surface area (Å²) >= 11 is 0. The third-order valence-corrected chi connectivity index (χ3v) is 8.53. The van der Waals surface area contributed by atoms with Crippen molar-refractivity contribution >= 4 is 22.3 Å². The minimum absolute atomic E-state index is 0.102. The molecule has 202 valence electrons. The first-order chi connectivity index (χ1) is 19.1. The number of nitriles is 1. The van der Waals surface area contributed by atoms with Gasteiger partial charge in [0.25, 0.3) is 0 Å². The zero-order valence-electron chi connectivity index (χ0n) is 22.5. The minimum atomic E-state index is -0.124. The Labute approximate surface area is 229 Å². The number of morpholine rings is 2. The molecule has 2 aromatic heterocycles. The van der Waals surface area contributed by atoms with Crippen molar-refractivity contribution in [3.8, 4) is 6.07 Å². The van der Waals surface area contributed by atoms with Gasteiger partial charge in [0.1, 0.15) is 11.7 Å². The van der Waals surface area contributed by atoms with Crippen LogP contribution >= 0.6 is 0 Å². The maximum Gasteiger partial charge on any atom is 0.111 e. The van der Waals surface area contributed by atoms with E-state index in [2.05, 4.69) is 56.2 Å². The fourth-order valence-electron chi connectivity index (χ4n) is 6.82. The molecule has 1 N–H and O–H groups in total. The van der Waals surface area contributed by atoms with Gasteiger partial charge in [-0.05, 0) is 42.8 Å². The lowest BCUT2D eigenvalue weighted by Crippen LogP contribution is -2.71. The Morgan fingerprint density at radius 1 is 1.15 bits per heavy atom. The van der Waals surface area contributed by atoms with Crippen molar-refractivity contribution in [3.05, 3.63) is 59.5 Å². The Bertz CT molecular complexity index is 1420. The monoisotopic (exact) mass is 525 g/mol. The van der Waals surface area contributed by atoms with E-state index in [-0.39, 0.29) is 17.8 Å². The second kappa shape index (κ2) is 10.0. The summed E-state index contributed by atoms with van der Waals surface area (Å²) in [4.78, 5) is 16.6. The maximum absolute atomic E-state index is 9.54. The molecule has 9 nitrogen and oxygen atoms in total. The Morgan fingerprint density at radius 2 is 2.08 bits per heavy atom. The number of likely N-dealkylation sites (tertiary alicyclic amines) is 1. The smallest absolute Gasteiger partial charge is 0.111 e. The van der Waals surface area contributed by atoms with Gasteiger partial charge in [0.2, 0.25) is 0 Å². The van der Waals surface area contributed by atoms with Crippen LogP contribution in [0.2, 0.25) is 0 Å². The zero-order chi connectivity index (χ0) is 26.4. The summed E-state index contributed by atoms with van der Waals surface area (Å²) in [5, 5.41) is 14.0. The number of hydrogen-bond donors (Lipinski definition) is 1. The molecule has 4 aliphatic heterocycles. The van der Waals surface area contributed by atoms with Crippen LogP contribution in [0.4, 0.5) is 11.4 Å².